The van der Waals surface area contributed by atoms with Gasteiger partial charge in [0, 0.05) is 6.54 Å². The second-order valence-electron chi connectivity index (χ2n) is 4.67. The lowest BCUT2D eigenvalue weighted by Crippen LogP contribution is -2.49. The lowest BCUT2D eigenvalue weighted by atomic mass is 9.78. The van der Waals surface area contributed by atoms with Gasteiger partial charge < -0.3 is 15.8 Å². The van der Waals surface area contributed by atoms with Crippen LogP contribution < -0.4 is 11.1 Å². The molecule has 20 heavy (non-hydrogen) atoms. The van der Waals surface area contributed by atoms with E-state index < -0.39 is 18.4 Å². The number of nitrogens with one attached hydrogen (secondary N) is 1. The number of carbonyl (C=O) groups excluding carboxylic acids is 1. The Kier molecular flexibility index (Phi) is 9.58. The third kappa shape index (κ3) is 6.09. The highest BCUT2D eigenvalue weighted by molar-refractivity contribution is 7.80. The van der Waals surface area contributed by atoms with Crippen molar-refractivity contribution in [3.8, 4) is 0 Å². The summed E-state index contributed by atoms with van der Waals surface area (Å²) in [6.07, 6.45) is 0.237. The van der Waals surface area contributed by atoms with E-state index in [4.69, 9.17) is 22.7 Å². The first kappa shape index (κ1) is 19.2. The summed E-state index contributed by atoms with van der Waals surface area (Å²) in [5.41, 5.74) is 4.91. The molecule has 0 aromatic heterocycles. The molecular formula is C13H24F2N2O2S. The number of alkyl halides is 2. The third-order valence-corrected chi connectivity index (χ3v) is 3.43. The summed E-state index contributed by atoms with van der Waals surface area (Å²) < 4.78 is 28.5. The largest absolute Gasteiger partial charge is 0.392 e. The molecule has 0 aliphatic rings. The van der Waals surface area contributed by atoms with E-state index in [0.717, 1.165) is 12.8 Å². The van der Waals surface area contributed by atoms with Crippen molar-refractivity contribution in [1.82, 2.24) is 5.32 Å². The van der Waals surface area contributed by atoms with Gasteiger partial charge in [0.05, 0.1) is 17.0 Å². The first-order valence-corrected chi connectivity index (χ1v) is 7.25. The van der Waals surface area contributed by atoms with Gasteiger partial charge in [-0.1, -0.05) is 38.9 Å². The topological polar surface area (TPSA) is 64.3 Å². The van der Waals surface area contributed by atoms with E-state index in [1.807, 2.05) is 13.8 Å². The van der Waals surface area contributed by atoms with Gasteiger partial charge in [-0.05, 0) is 12.8 Å². The summed E-state index contributed by atoms with van der Waals surface area (Å²) in [7, 11) is 0. The molecule has 0 aliphatic carbocycles. The third-order valence-electron chi connectivity index (χ3n) is 3.04. The number of hydrogen-bond acceptors (Lipinski definition) is 3. The molecule has 4 nitrogen and oxygen atoms in total. The van der Waals surface area contributed by atoms with E-state index >= 15 is 0 Å². The maximum absolute atomic E-state index is 12.3. The fourth-order valence-corrected chi connectivity index (χ4v) is 2.44. The summed E-state index contributed by atoms with van der Waals surface area (Å²) in [6, 6.07) is 0. The van der Waals surface area contributed by atoms with Crippen LogP contribution in [0, 0.1) is 5.41 Å². The Morgan fingerprint density at radius 3 is 2.30 bits per heavy atom. The molecular weight excluding hydrogens is 286 g/mol. The summed E-state index contributed by atoms with van der Waals surface area (Å²) in [6.45, 7) is 3.51. The van der Waals surface area contributed by atoms with Gasteiger partial charge in [-0.15, -0.1) is 0 Å². The molecule has 1 amide bonds. The van der Waals surface area contributed by atoms with Gasteiger partial charge in [0.1, 0.15) is 6.61 Å². The SMILES string of the molecule is CCCC(CCC)(C(=O)NCCOCC(F)F)C(N)=S. The Bertz CT molecular complexity index is 309. The zero-order valence-corrected chi connectivity index (χ0v) is 12.9. The lowest BCUT2D eigenvalue weighted by molar-refractivity contribution is -0.128. The Morgan fingerprint density at radius 1 is 1.35 bits per heavy atom. The summed E-state index contributed by atoms with van der Waals surface area (Å²) in [4.78, 5) is 12.5. The van der Waals surface area contributed by atoms with Crippen LogP contribution in [0.5, 0.6) is 0 Å². The molecule has 0 bridgehead atoms. The standard InChI is InChI=1S/C13H24F2N2O2S/c1-3-5-13(6-4-2,11(16)20)12(18)17-7-8-19-9-10(14)15/h10H,3-9H2,1-2H3,(H2,16,20)(H,17,18). The normalized spacial score (nSPS) is 11.7. The number of nitrogens with two attached hydrogens (primary N) is 1. The molecule has 3 N–H and O–H groups in total. The molecule has 0 rings (SSSR count). The van der Waals surface area contributed by atoms with Gasteiger partial charge in [0.25, 0.3) is 6.43 Å². The minimum atomic E-state index is -2.50. The number of thiocarbonyl (C=S) groups is 1. The first-order chi connectivity index (χ1) is 9.40. The minimum Gasteiger partial charge on any atom is -0.392 e. The zero-order chi connectivity index (χ0) is 15.6. The highest BCUT2D eigenvalue weighted by Crippen LogP contribution is 2.30. The molecule has 0 saturated carbocycles. The molecule has 0 radical (unpaired) electrons. The fourth-order valence-electron chi connectivity index (χ4n) is 2.14. The van der Waals surface area contributed by atoms with Crippen LogP contribution in [0.25, 0.3) is 0 Å². The van der Waals surface area contributed by atoms with Gasteiger partial charge >= 0.3 is 0 Å². The van der Waals surface area contributed by atoms with Gasteiger partial charge in [-0.25, -0.2) is 8.78 Å². The van der Waals surface area contributed by atoms with E-state index in [1.165, 1.54) is 0 Å². The molecule has 0 aromatic carbocycles. The molecule has 0 aliphatic heterocycles. The Morgan fingerprint density at radius 2 is 1.90 bits per heavy atom. The van der Waals surface area contributed by atoms with Gasteiger partial charge in [0.15, 0.2) is 0 Å². The number of halogens is 2. The molecule has 118 valence electrons. The van der Waals surface area contributed by atoms with E-state index in [2.05, 4.69) is 5.32 Å². The average molecular weight is 310 g/mol. The van der Waals surface area contributed by atoms with Crippen molar-refractivity contribution in [2.45, 2.75) is 46.0 Å². The van der Waals surface area contributed by atoms with E-state index in [-0.39, 0.29) is 24.0 Å². The fraction of sp³-hybridized carbons (Fsp3) is 0.846. The number of rotatable bonds is 11. The quantitative estimate of drug-likeness (QED) is 0.454. The Labute approximate surface area is 124 Å². The monoisotopic (exact) mass is 310 g/mol. The predicted molar refractivity (Wildman–Crippen MR) is 78.9 cm³/mol. The molecule has 0 saturated heterocycles. The molecule has 0 spiro atoms. The Hall–Kier alpha value is -0.820. The molecule has 7 heteroatoms. The lowest BCUT2D eigenvalue weighted by Gasteiger charge is -2.31. The highest BCUT2D eigenvalue weighted by atomic mass is 32.1. The molecule has 0 fully saturated rings. The van der Waals surface area contributed by atoms with Crippen LogP contribution in [-0.2, 0) is 9.53 Å². The second kappa shape index (κ2) is 9.99. The molecule has 0 aromatic rings. The maximum atomic E-state index is 12.3. The van der Waals surface area contributed by atoms with Crippen LogP contribution in [0.1, 0.15) is 39.5 Å². The van der Waals surface area contributed by atoms with Crippen LogP contribution in [0.15, 0.2) is 0 Å². The van der Waals surface area contributed by atoms with Crippen molar-refractivity contribution in [3.05, 3.63) is 0 Å². The number of hydrogen-bond donors (Lipinski definition) is 2. The number of amides is 1. The van der Waals surface area contributed by atoms with Gasteiger partial charge in [-0.3, -0.25) is 4.79 Å². The van der Waals surface area contributed by atoms with Gasteiger partial charge in [0.2, 0.25) is 5.91 Å². The second-order valence-corrected chi connectivity index (χ2v) is 5.11. The zero-order valence-electron chi connectivity index (χ0n) is 12.1. The summed E-state index contributed by atoms with van der Waals surface area (Å²) in [5, 5.41) is 2.67. The minimum absolute atomic E-state index is 0.0434. The Balaban J connectivity index is 4.44. The van der Waals surface area contributed by atoms with Crippen molar-refractivity contribution in [1.29, 1.82) is 0 Å². The first-order valence-electron chi connectivity index (χ1n) is 6.84. The predicted octanol–water partition coefficient (Wildman–Crippen LogP) is 2.26. The van der Waals surface area contributed by atoms with E-state index in [0.29, 0.717) is 12.8 Å². The van der Waals surface area contributed by atoms with E-state index in [1.54, 1.807) is 0 Å². The molecule has 0 heterocycles. The van der Waals surface area contributed by atoms with Gasteiger partial charge in [-0.2, -0.15) is 0 Å². The van der Waals surface area contributed by atoms with Crippen LogP contribution in [0.3, 0.4) is 0 Å². The van der Waals surface area contributed by atoms with Crippen LogP contribution in [0.2, 0.25) is 0 Å². The number of carbonyl (C=O) groups is 1. The van der Waals surface area contributed by atoms with Crippen molar-refractivity contribution >= 4 is 23.1 Å². The van der Waals surface area contributed by atoms with Crippen molar-refractivity contribution < 1.29 is 18.3 Å². The average Bonchev–Trinajstić information content (AvgIpc) is 2.36. The highest BCUT2D eigenvalue weighted by Gasteiger charge is 2.39. The number of ether oxygens (including phenoxy) is 1. The summed E-state index contributed by atoms with van der Waals surface area (Å²) in [5.74, 6) is -0.241. The van der Waals surface area contributed by atoms with Crippen molar-refractivity contribution in [2.24, 2.45) is 11.1 Å². The molecule has 0 unspecified atom stereocenters. The summed E-state index contributed by atoms with van der Waals surface area (Å²) >= 11 is 5.06. The molecule has 0 atom stereocenters. The van der Waals surface area contributed by atoms with Crippen LogP contribution >= 0.6 is 12.2 Å². The van der Waals surface area contributed by atoms with Crippen molar-refractivity contribution in [3.63, 3.8) is 0 Å². The van der Waals surface area contributed by atoms with Crippen LogP contribution in [0.4, 0.5) is 8.78 Å². The van der Waals surface area contributed by atoms with Crippen molar-refractivity contribution in [2.75, 3.05) is 19.8 Å². The van der Waals surface area contributed by atoms with E-state index in [9.17, 15) is 13.6 Å². The maximum Gasteiger partial charge on any atom is 0.261 e. The smallest absolute Gasteiger partial charge is 0.261 e. The van der Waals surface area contributed by atoms with Crippen LogP contribution in [-0.4, -0.2) is 37.1 Å².